The Labute approximate surface area is 193 Å². The Morgan fingerprint density at radius 2 is 2.09 bits per heavy atom. The molecule has 1 aliphatic carbocycles. The maximum Gasteiger partial charge on any atom is 0.277 e. The van der Waals surface area contributed by atoms with E-state index in [1.807, 2.05) is 0 Å². The van der Waals surface area contributed by atoms with Crippen LogP contribution < -0.4 is 10.9 Å². The Bertz CT molecular complexity index is 1410. The van der Waals surface area contributed by atoms with Crippen molar-refractivity contribution in [2.75, 3.05) is 25.2 Å². The molecule has 1 saturated carbocycles. The monoisotopic (exact) mass is 469 g/mol. The molecule has 0 amide bonds. The molecule has 1 aliphatic heterocycles. The van der Waals surface area contributed by atoms with E-state index in [2.05, 4.69) is 25.7 Å². The van der Waals surface area contributed by atoms with Crippen LogP contribution in [0.3, 0.4) is 0 Å². The number of rotatable bonds is 6. The number of aromatic amines is 1. The molecule has 0 radical (unpaired) electrons. The van der Waals surface area contributed by atoms with E-state index in [9.17, 15) is 9.18 Å². The number of anilines is 1. The summed E-state index contributed by atoms with van der Waals surface area (Å²) < 4.78 is 36.0. The number of fused-ring (bicyclic) bond motifs is 2. The number of hydrogen-bond donors (Lipinski definition) is 2. The molecule has 4 heterocycles. The van der Waals surface area contributed by atoms with Gasteiger partial charge in [0.2, 0.25) is 5.95 Å². The molecule has 1 aromatic carbocycles. The predicted molar refractivity (Wildman–Crippen MR) is 122 cm³/mol. The summed E-state index contributed by atoms with van der Waals surface area (Å²) in [4.78, 5) is 15.8. The second-order valence-electron chi connectivity index (χ2n) is 9.42. The molecule has 4 aromatic rings. The summed E-state index contributed by atoms with van der Waals surface area (Å²) in [7, 11) is 0. The van der Waals surface area contributed by atoms with Gasteiger partial charge in [-0.05, 0) is 49.8 Å². The van der Waals surface area contributed by atoms with E-state index < -0.39 is 18.1 Å². The molecule has 178 valence electrons. The topological polar surface area (TPSA) is 102 Å². The zero-order valence-corrected chi connectivity index (χ0v) is 18.6. The summed E-state index contributed by atoms with van der Waals surface area (Å²) in [5.74, 6) is -0.226. The molecule has 11 heteroatoms. The Morgan fingerprint density at radius 1 is 1.26 bits per heavy atom. The first-order chi connectivity index (χ1) is 16.5. The average Bonchev–Trinajstić information content (AvgIpc) is 3.37. The normalized spacial score (nSPS) is 18.1. The van der Waals surface area contributed by atoms with E-state index in [1.54, 1.807) is 22.9 Å². The Balaban J connectivity index is 1.31. The van der Waals surface area contributed by atoms with Crippen LogP contribution in [-0.4, -0.2) is 55.5 Å². The van der Waals surface area contributed by atoms with Crippen molar-refractivity contribution in [3.63, 3.8) is 0 Å². The number of nitrogens with zero attached hydrogens (tertiary/aromatic N) is 5. The Hall–Kier alpha value is -3.34. The van der Waals surface area contributed by atoms with E-state index in [1.165, 1.54) is 10.7 Å². The van der Waals surface area contributed by atoms with Crippen molar-refractivity contribution in [1.29, 1.82) is 0 Å². The van der Waals surface area contributed by atoms with Gasteiger partial charge in [0.25, 0.3) is 5.56 Å². The van der Waals surface area contributed by atoms with Crippen LogP contribution in [-0.2, 0) is 11.3 Å². The van der Waals surface area contributed by atoms with Crippen molar-refractivity contribution >= 4 is 22.5 Å². The third-order valence-electron chi connectivity index (χ3n) is 7.10. The van der Waals surface area contributed by atoms with Crippen LogP contribution in [0.1, 0.15) is 32.1 Å². The van der Waals surface area contributed by atoms with Gasteiger partial charge in [-0.1, -0.05) is 11.3 Å². The summed E-state index contributed by atoms with van der Waals surface area (Å²) in [6, 6.07) is 5.33. The molecule has 2 N–H and O–H groups in total. The molecule has 6 rings (SSSR count). The van der Waals surface area contributed by atoms with Crippen LogP contribution in [0, 0.1) is 11.2 Å². The number of hydrogen-bond acceptors (Lipinski definition) is 6. The summed E-state index contributed by atoms with van der Waals surface area (Å²) in [6.45, 7) is 1.57. The van der Waals surface area contributed by atoms with Gasteiger partial charge in [-0.25, -0.2) is 13.6 Å². The van der Waals surface area contributed by atoms with Crippen LogP contribution >= 0.6 is 0 Å². The lowest BCUT2D eigenvalue weighted by Crippen LogP contribution is -2.47. The molecule has 0 unspecified atom stereocenters. The fourth-order valence-electron chi connectivity index (χ4n) is 5.14. The molecule has 34 heavy (non-hydrogen) atoms. The van der Waals surface area contributed by atoms with Crippen molar-refractivity contribution in [2.45, 2.75) is 44.7 Å². The highest BCUT2D eigenvalue weighted by molar-refractivity contribution is 5.87. The maximum absolute atomic E-state index is 15.1. The molecular weight excluding hydrogens is 444 g/mol. The first-order valence-corrected chi connectivity index (χ1v) is 11.6. The average molecular weight is 469 g/mol. The lowest BCUT2D eigenvalue weighted by Gasteiger charge is -2.46. The van der Waals surface area contributed by atoms with Gasteiger partial charge in [0, 0.05) is 18.0 Å². The zero-order valence-electron chi connectivity index (χ0n) is 18.6. The number of nitrogens with one attached hydrogen (secondary N) is 2. The van der Waals surface area contributed by atoms with Gasteiger partial charge in [0.15, 0.2) is 5.82 Å². The van der Waals surface area contributed by atoms with Gasteiger partial charge in [-0.2, -0.15) is 0 Å². The largest absolute Gasteiger partial charge is 0.380 e. The van der Waals surface area contributed by atoms with Gasteiger partial charge < -0.3 is 10.1 Å². The van der Waals surface area contributed by atoms with Gasteiger partial charge >= 0.3 is 0 Å². The highest BCUT2D eigenvalue weighted by Gasteiger charge is 2.41. The van der Waals surface area contributed by atoms with Crippen molar-refractivity contribution in [1.82, 2.24) is 29.6 Å². The summed E-state index contributed by atoms with van der Waals surface area (Å²) in [5, 5.41) is 15.9. The minimum absolute atomic E-state index is 0.124. The van der Waals surface area contributed by atoms with E-state index >= 15 is 4.39 Å². The van der Waals surface area contributed by atoms with Crippen molar-refractivity contribution < 1.29 is 13.5 Å². The Morgan fingerprint density at radius 3 is 2.82 bits per heavy atom. The number of benzene rings is 1. The van der Waals surface area contributed by atoms with Crippen LogP contribution in [0.4, 0.5) is 14.7 Å². The van der Waals surface area contributed by atoms with Gasteiger partial charge in [-0.15, -0.1) is 10.2 Å². The zero-order chi connectivity index (χ0) is 23.3. The molecular formula is C23H25F2N7O2. The maximum atomic E-state index is 15.1. The van der Waals surface area contributed by atoms with E-state index in [4.69, 9.17) is 4.74 Å². The van der Waals surface area contributed by atoms with Crippen LogP contribution in [0.15, 0.2) is 29.2 Å². The smallest absolute Gasteiger partial charge is 0.277 e. The van der Waals surface area contributed by atoms with Gasteiger partial charge in [0.1, 0.15) is 11.0 Å². The third-order valence-corrected chi connectivity index (χ3v) is 7.10. The number of alkyl halides is 1. The number of H-pyrrole nitrogens is 1. The molecule has 3 aromatic heterocycles. The second-order valence-corrected chi connectivity index (χ2v) is 9.42. The van der Waals surface area contributed by atoms with Crippen molar-refractivity contribution in [3.05, 3.63) is 40.6 Å². The predicted octanol–water partition coefficient (Wildman–Crippen LogP) is 3.30. The molecule has 2 fully saturated rings. The molecule has 9 nitrogen and oxygen atoms in total. The fourth-order valence-corrected chi connectivity index (χ4v) is 5.14. The van der Waals surface area contributed by atoms with E-state index in [0.29, 0.717) is 40.9 Å². The molecule has 1 spiro atoms. The number of ether oxygens (including phenoxy) is 1. The van der Waals surface area contributed by atoms with E-state index in [-0.39, 0.29) is 17.1 Å². The highest BCUT2D eigenvalue weighted by Crippen LogP contribution is 2.42. The SMILES string of the molecule is O=c1[nH]c(NC2CCC3(CC2)COC3)nn2cc(F)c(-c3ccc4nnn(CCCF)c4c3)c12. The summed E-state index contributed by atoms with van der Waals surface area (Å²) in [5.41, 5.74) is 1.96. The standard InChI is InChI=1S/C23H25F2N7O2/c24-8-1-9-31-18-10-14(2-3-17(18)28-30-31)19-16(25)11-32-20(19)21(33)27-22(29-32)26-15-4-6-23(7-5-15)12-34-13-23/h2-3,10-11,15H,1,4-9,12-13H2,(H2,26,27,29,33). The van der Waals surface area contributed by atoms with Crippen molar-refractivity contribution in [3.8, 4) is 11.1 Å². The minimum Gasteiger partial charge on any atom is -0.380 e. The Kier molecular flexibility index (Phi) is 5.09. The fraction of sp³-hybridized carbons (Fsp3) is 0.478. The van der Waals surface area contributed by atoms with Gasteiger partial charge in [-0.3, -0.25) is 14.2 Å². The second kappa shape index (κ2) is 8.15. The van der Waals surface area contributed by atoms with E-state index in [0.717, 1.165) is 38.9 Å². The van der Waals surface area contributed by atoms with Gasteiger partial charge in [0.05, 0.1) is 37.2 Å². The van der Waals surface area contributed by atoms with Crippen LogP contribution in [0.5, 0.6) is 0 Å². The molecule has 2 aliphatic rings. The number of aromatic nitrogens is 6. The molecule has 1 saturated heterocycles. The first kappa shape index (κ1) is 21.2. The summed E-state index contributed by atoms with van der Waals surface area (Å²) >= 11 is 0. The number of aryl methyl sites for hydroxylation is 1. The highest BCUT2D eigenvalue weighted by atomic mass is 19.1. The summed E-state index contributed by atoms with van der Waals surface area (Å²) in [6.07, 6.45) is 5.63. The lowest BCUT2D eigenvalue weighted by atomic mass is 9.71. The minimum atomic E-state index is -0.554. The van der Waals surface area contributed by atoms with Crippen molar-refractivity contribution in [2.24, 2.45) is 5.41 Å². The lowest BCUT2D eigenvalue weighted by molar-refractivity contribution is -0.131. The third kappa shape index (κ3) is 3.54. The van der Waals surface area contributed by atoms with Crippen LogP contribution in [0.25, 0.3) is 27.7 Å². The molecule has 0 atom stereocenters. The molecule has 0 bridgehead atoms. The first-order valence-electron chi connectivity index (χ1n) is 11.6. The van der Waals surface area contributed by atoms with Crippen LogP contribution in [0.2, 0.25) is 0 Å². The quantitative estimate of drug-likeness (QED) is 0.449. The number of halogens is 2.